The first-order chi connectivity index (χ1) is 5.40. The molecule has 0 aromatic carbocycles. The Balaban J connectivity index is 2.11. The van der Waals surface area contributed by atoms with E-state index in [-0.39, 0.29) is 0 Å². The van der Waals surface area contributed by atoms with Gasteiger partial charge in [0.1, 0.15) is 5.82 Å². The second kappa shape index (κ2) is 2.81. The van der Waals surface area contributed by atoms with Crippen molar-refractivity contribution in [2.45, 2.75) is 25.2 Å². The third-order valence-electron chi connectivity index (χ3n) is 2.23. The smallest absolute Gasteiger partial charge is 0.137 e. The van der Waals surface area contributed by atoms with Gasteiger partial charge in [0.25, 0.3) is 0 Å². The number of hydrogen-bond donors (Lipinski definition) is 1. The van der Waals surface area contributed by atoms with Crippen LogP contribution in [0.5, 0.6) is 0 Å². The minimum Gasteiger partial charge on any atom is -0.372 e. The number of rotatable bonds is 2. The van der Waals surface area contributed by atoms with E-state index < -0.39 is 0 Å². The van der Waals surface area contributed by atoms with Crippen molar-refractivity contribution in [1.29, 1.82) is 0 Å². The minimum atomic E-state index is 0.780. The zero-order valence-electron chi connectivity index (χ0n) is 6.63. The maximum atomic E-state index is 4.46. The van der Waals surface area contributed by atoms with Crippen LogP contribution in [0.1, 0.15) is 30.2 Å². The molecule has 1 N–H and O–H groups in total. The van der Waals surface area contributed by atoms with Crippen LogP contribution in [-0.4, -0.2) is 12.0 Å². The highest BCUT2D eigenvalue weighted by Crippen LogP contribution is 2.38. The fourth-order valence-corrected chi connectivity index (χ4v) is 2.23. The fourth-order valence-electron chi connectivity index (χ4n) is 1.25. The molecule has 11 heavy (non-hydrogen) atoms. The molecule has 1 fully saturated rings. The molecule has 60 valence electrons. The van der Waals surface area contributed by atoms with Crippen molar-refractivity contribution < 1.29 is 0 Å². The molecule has 0 atom stereocenters. The number of thiazole rings is 1. The van der Waals surface area contributed by atoms with Crippen LogP contribution >= 0.6 is 11.3 Å². The lowest BCUT2D eigenvalue weighted by atomic mass is 9.86. The molecule has 0 amide bonds. The summed E-state index contributed by atoms with van der Waals surface area (Å²) in [5, 5.41) is 6.46. The van der Waals surface area contributed by atoms with Crippen LogP contribution in [0.15, 0.2) is 5.38 Å². The predicted octanol–water partition coefficient (Wildman–Crippen LogP) is 2.45. The van der Waals surface area contributed by atoms with E-state index in [2.05, 4.69) is 15.7 Å². The van der Waals surface area contributed by atoms with Gasteiger partial charge < -0.3 is 5.32 Å². The zero-order valence-corrected chi connectivity index (χ0v) is 7.45. The molecule has 0 aliphatic heterocycles. The van der Waals surface area contributed by atoms with Gasteiger partial charge >= 0.3 is 0 Å². The van der Waals surface area contributed by atoms with E-state index in [9.17, 15) is 0 Å². The van der Waals surface area contributed by atoms with E-state index in [0.717, 1.165) is 11.7 Å². The van der Waals surface area contributed by atoms with E-state index >= 15 is 0 Å². The lowest BCUT2D eigenvalue weighted by Crippen LogP contribution is -2.08. The van der Waals surface area contributed by atoms with Gasteiger partial charge in [0.2, 0.25) is 0 Å². The average Bonchev–Trinajstić information content (AvgIpc) is 2.32. The number of nitrogens with one attached hydrogen (secondary N) is 1. The zero-order chi connectivity index (χ0) is 7.68. The molecule has 1 heterocycles. The van der Waals surface area contributed by atoms with Gasteiger partial charge in [0, 0.05) is 18.3 Å². The Bertz CT molecular complexity index is 240. The summed E-state index contributed by atoms with van der Waals surface area (Å²) in [6.07, 6.45) is 4.08. The van der Waals surface area contributed by atoms with Crippen molar-refractivity contribution in [2.24, 2.45) is 0 Å². The van der Waals surface area contributed by atoms with Crippen LogP contribution in [0, 0.1) is 0 Å². The molecule has 1 saturated carbocycles. The van der Waals surface area contributed by atoms with E-state index in [1.807, 2.05) is 7.05 Å². The van der Waals surface area contributed by atoms with Crippen molar-refractivity contribution in [1.82, 2.24) is 4.98 Å². The first-order valence-corrected chi connectivity index (χ1v) is 4.91. The molecule has 0 spiro atoms. The summed E-state index contributed by atoms with van der Waals surface area (Å²) in [4.78, 5) is 4.46. The molecule has 2 rings (SSSR count). The second-order valence-electron chi connectivity index (χ2n) is 2.95. The predicted molar refractivity (Wildman–Crippen MR) is 48.3 cm³/mol. The highest BCUT2D eigenvalue weighted by molar-refractivity contribution is 7.10. The van der Waals surface area contributed by atoms with Crippen LogP contribution < -0.4 is 5.32 Å². The molecular weight excluding hydrogens is 156 g/mol. The van der Waals surface area contributed by atoms with Crippen molar-refractivity contribution >= 4 is 17.2 Å². The minimum absolute atomic E-state index is 0.780. The molecule has 1 aromatic heterocycles. The van der Waals surface area contributed by atoms with Gasteiger partial charge in [0.05, 0.1) is 5.01 Å². The molecule has 0 radical (unpaired) electrons. The second-order valence-corrected chi connectivity index (χ2v) is 3.84. The highest BCUT2D eigenvalue weighted by Gasteiger charge is 2.22. The lowest BCUT2D eigenvalue weighted by Gasteiger charge is -2.22. The summed E-state index contributed by atoms with van der Waals surface area (Å²) >= 11 is 1.78. The first kappa shape index (κ1) is 7.10. The summed E-state index contributed by atoms with van der Waals surface area (Å²) in [5.41, 5.74) is 0. The molecule has 1 aliphatic rings. The van der Waals surface area contributed by atoms with Crippen molar-refractivity contribution in [3.63, 3.8) is 0 Å². The Morgan fingerprint density at radius 3 is 2.91 bits per heavy atom. The summed E-state index contributed by atoms with van der Waals surface area (Å²) in [7, 11) is 1.92. The summed E-state index contributed by atoms with van der Waals surface area (Å²) in [6.45, 7) is 0. The Kier molecular flexibility index (Phi) is 1.82. The number of nitrogens with zero attached hydrogens (tertiary/aromatic N) is 1. The molecule has 2 nitrogen and oxygen atoms in total. The van der Waals surface area contributed by atoms with Gasteiger partial charge in [-0.3, -0.25) is 0 Å². The summed E-state index contributed by atoms with van der Waals surface area (Å²) in [5.74, 6) is 1.80. The lowest BCUT2D eigenvalue weighted by molar-refractivity contribution is 0.418. The van der Waals surface area contributed by atoms with E-state index in [1.54, 1.807) is 11.3 Å². The maximum Gasteiger partial charge on any atom is 0.137 e. The van der Waals surface area contributed by atoms with E-state index in [1.165, 1.54) is 24.3 Å². The van der Waals surface area contributed by atoms with Crippen LogP contribution in [0.2, 0.25) is 0 Å². The van der Waals surface area contributed by atoms with Crippen molar-refractivity contribution in [3.8, 4) is 0 Å². The highest BCUT2D eigenvalue weighted by atomic mass is 32.1. The summed E-state index contributed by atoms with van der Waals surface area (Å²) in [6, 6.07) is 0. The van der Waals surface area contributed by atoms with Crippen LogP contribution in [0.25, 0.3) is 0 Å². The topological polar surface area (TPSA) is 24.9 Å². The quantitative estimate of drug-likeness (QED) is 0.733. The largest absolute Gasteiger partial charge is 0.372 e. The third kappa shape index (κ3) is 1.25. The van der Waals surface area contributed by atoms with Crippen LogP contribution in [0.3, 0.4) is 0 Å². The van der Waals surface area contributed by atoms with Gasteiger partial charge in [-0.15, -0.1) is 11.3 Å². The maximum absolute atomic E-state index is 4.46. The van der Waals surface area contributed by atoms with Gasteiger partial charge in [-0.05, 0) is 12.8 Å². The van der Waals surface area contributed by atoms with Gasteiger partial charge in [-0.1, -0.05) is 6.42 Å². The van der Waals surface area contributed by atoms with Gasteiger partial charge in [-0.2, -0.15) is 0 Å². The van der Waals surface area contributed by atoms with Crippen molar-refractivity contribution in [3.05, 3.63) is 10.4 Å². The van der Waals surface area contributed by atoms with Crippen molar-refractivity contribution in [2.75, 3.05) is 12.4 Å². The molecular formula is C8H12N2S. The SMILES string of the molecule is CNc1csc(C2CCC2)n1. The average molecular weight is 168 g/mol. The third-order valence-corrected chi connectivity index (χ3v) is 3.24. The Hall–Kier alpha value is -0.570. The molecule has 0 unspecified atom stereocenters. The summed E-state index contributed by atoms with van der Waals surface area (Å²) < 4.78 is 0. The first-order valence-electron chi connectivity index (χ1n) is 4.03. The molecule has 0 bridgehead atoms. The van der Waals surface area contributed by atoms with E-state index in [0.29, 0.717) is 0 Å². The Labute approximate surface area is 70.7 Å². The molecule has 1 aliphatic carbocycles. The standard InChI is InChI=1S/C8H12N2S/c1-9-7-5-11-8(10-7)6-3-2-4-6/h5-6,9H,2-4H2,1H3. The number of anilines is 1. The monoisotopic (exact) mass is 168 g/mol. The molecule has 3 heteroatoms. The Morgan fingerprint density at radius 1 is 1.64 bits per heavy atom. The van der Waals surface area contributed by atoms with Gasteiger partial charge in [0.15, 0.2) is 0 Å². The fraction of sp³-hybridized carbons (Fsp3) is 0.625. The Morgan fingerprint density at radius 2 is 2.45 bits per heavy atom. The number of hydrogen-bond acceptors (Lipinski definition) is 3. The van der Waals surface area contributed by atoms with Crippen LogP contribution in [-0.2, 0) is 0 Å². The van der Waals surface area contributed by atoms with Crippen LogP contribution in [0.4, 0.5) is 5.82 Å². The number of aromatic nitrogens is 1. The molecule has 1 aromatic rings. The van der Waals surface area contributed by atoms with E-state index in [4.69, 9.17) is 0 Å². The molecule has 0 saturated heterocycles. The normalized spacial score (nSPS) is 17.9. The van der Waals surface area contributed by atoms with Gasteiger partial charge in [-0.25, -0.2) is 4.98 Å².